The Balaban J connectivity index is 1.67. The van der Waals surface area contributed by atoms with Crippen LogP contribution in [0.15, 0.2) is 46.0 Å². The molecule has 0 atom stereocenters. The van der Waals surface area contributed by atoms with Crippen LogP contribution in [0, 0.1) is 19.7 Å². The van der Waals surface area contributed by atoms with Gasteiger partial charge in [0.2, 0.25) is 0 Å². The molecule has 0 saturated heterocycles. The number of methoxy groups -OCH3 is 1. The van der Waals surface area contributed by atoms with Crippen LogP contribution >= 0.6 is 27.5 Å². The number of carbonyl (C=O) groups excluding carboxylic acids is 1. The molecule has 1 aromatic heterocycles. The number of hydrogen-bond donors (Lipinski definition) is 1. The fourth-order valence-electron chi connectivity index (χ4n) is 3.04. The van der Waals surface area contributed by atoms with Gasteiger partial charge >= 0.3 is 0 Å². The van der Waals surface area contributed by atoms with E-state index in [1.807, 2.05) is 13.8 Å². The van der Waals surface area contributed by atoms with Crippen molar-refractivity contribution >= 4 is 39.1 Å². The zero-order chi connectivity index (χ0) is 24.1. The first-order valence-electron chi connectivity index (χ1n) is 9.98. The second kappa shape index (κ2) is 10.8. The summed E-state index contributed by atoms with van der Waals surface area (Å²) in [5, 5.41) is 8.78. The van der Waals surface area contributed by atoms with Crippen molar-refractivity contribution in [3.8, 4) is 11.5 Å². The Kier molecular flexibility index (Phi) is 8.10. The fourth-order valence-corrected chi connectivity index (χ4v) is 3.54. The Bertz CT molecular complexity index is 1190. The highest BCUT2D eigenvalue weighted by Gasteiger charge is 2.13. The third-order valence-electron chi connectivity index (χ3n) is 4.95. The lowest BCUT2D eigenvalue weighted by molar-refractivity contribution is -0.121. The molecule has 0 radical (unpaired) electrons. The third-order valence-corrected chi connectivity index (χ3v) is 6.45. The van der Waals surface area contributed by atoms with Crippen molar-refractivity contribution in [1.82, 2.24) is 15.2 Å². The molecule has 3 rings (SSSR count). The molecule has 0 spiro atoms. The topological polar surface area (TPSA) is 77.7 Å². The molecule has 10 heteroatoms. The number of halogens is 3. The van der Waals surface area contributed by atoms with E-state index < -0.39 is 5.82 Å². The van der Waals surface area contributed by atoms with Gasteiger partial charge in [0, 0.05) is 11.1 Å². The molecule has 0 aliphatic heterocycles. The molecular formula is C23H23BrClFN4O3. The van der Waals surface area contributed by atoms with Crippen molar-refractivity contribution in [3.05, 3.63) is 74.2 Å². The standard InChI is InChI=1S/C23H23BrClFN4O3/c1-13(27-28-22(31)11-30-15(3)23(24)14(2)29-30)16-8-9-20(21(10-16)32-4)33-12-17-18(25)6-5-7-19(17)26/h5-10H,11-12H2,1-4H3,(H,28,31)/b27-13+. The van der Waals surface area contributed by atoms with E-state index in [-0.39, 0.29) is 29.6 Å². The van der Waals surface area contributed by atoms with E-state index in [0.717, 1.165) is 21.4 Å². The summed E-state index contributed by atoms with van der Waals surface area (Å²) in [5.74, 6) is 0.117. The Labute approximate surface area is 204 Å². The molecule has 0 unspecified atom stereocenters. The average Bonchev–Trinajstić information content (AvgIpc) is 3.03. The summed E-state index contributed by atoms with van der Waals surface area (Å²) in [6, 6.07) is 9.65. The lowest BCUT2D eigenvalue weighted by Crippen LogP contribution is -2.25. The number of aromatic nitrogens is 2. The van der Waals surface area contributed by atoms with Gasteiger partial charge in [-0.2, -0.15) is 10.2 Å². The predicted molar refractivity (Wildman–Crippen MR) is 128 cm³/mol. The summed E-state index contributed by atoms with van der Waals surface area (Å²) in [5.41, 5.74) is 5.77. The maximum atomic E-state index is 14.0. The van der Waals surface area contributed by atoms with Gasteiger partial charge in [0.15, 0.2) is 11.5 Å². The van der Waals surface area contributed by atoms with E-state index >= 15 is 0 Å². The Morgan fingerprint density at radius 2 is 2.03 bits per heavy atom. The monoisotopic (exact) mass is 536 g/mol. The van der Waals surface area contributed by atoms with Crippen molar-refractivity contribution in [1.29, 1.82) is 0 Å². The molecule has 0 fully saturated rings. The van der Waals surface area contributed by atoms with Crippen LogP contribution in [0.4, 0.5) is 4.39 Å². The highest BCUT2D eigenvalue weighted by atomic mass is 79.9. The zero-order valence-electron chi connectivity index (χ0n) is 18.6. The average molecular weight is 538 g/mol. The number of rotatable bonds is 8. The minimum Gasteiger partial charge on any atom is -0.493 e. The number of ether oxygens (including phenoxy) is 2. The number of aryl methyl sites for hydroxylation is 1. The van der Waals surface area contributed by atoms with Gasteiger partial charge in [0.05, 0.1) is 33.7 Å². The molecule has 0 bridgehead atoms. The summed E-state index contributed by atoms with van der Waals surface area (Å²) < 4.78 is 27.6. The highest BCUT2D eigenvalue weighted by molar-refractivity contribution is 9.10. The Morgan fingerprint density at radius 1 is 1.27 bits per heavy atom. The number of hydrogen-bond acceptors (Lipinski definition) is 5. The summed E-state index contributed by atoms with van der Waals surface area (Å²) in [6.45, 7) is 5.49. The first-order valence-corrected chi connectivity index (χ1v) is 11.1. The van der Waals surface area contributed by atoms with E-state index in [4.69, 9.17) is 21.1 Å². The second-order valence-corrected chi connectivity index (χ2v) is 8.43. The minimum absolute atomic E-state index is 0.0454. The minimum atomic E-state index is -0.440. The van der Waals surface area contributed by atoms with Crippen molar-refractivity contribution < 1.29 is 18.7 Å². The molecule has 174 valence electrons. The molecular weight excluding hydrogens is 515 g/mol. The summed E-state index contributed by atoms with van der Waals surface area (Å²) >= 11 is 9.50. The first-order chi connectivity index (χ1) is 15.7. The van der Waals surface area contributed by atoms with Crippen molar-refractivity contribution in [2.45, 2.75) is 33.9 Å². The Morgan fingerprint density at radius 3 is 2.67 bits per heavy atom. The number of carbonyl (C=O) groups is 1. The molecule has 0 aliphatic rings. The second-order valence-electron chi connectivity index (χ2n) is 7.23. The van der Waals surface area contributed by atoms with Crippen molar-refractivity contribution in [2.75, 3.05) is 7.11 Å². The van der Waals surface area contributed by atoms with Crippen LogP contribution in [0.1, 0.15) is 29.4 Å². The molecule has 0 saturated carbocycles. The first kappa shape index (κ1) is 24.7. The molecule has 7 nitrogen and oxygen atoms in total. The lowest BCUT2D eigenvalue weighted by Gasteiger charge is -2.13. The quantitative estimate of drug-likeness (QED) is 0.317. The largest absolute Gasteiger partial charge is 0.493 e. The summed E-state index contributed by atoms with van der Waals surface area (Å²) in [4.78, 5) is 12.3. The number of amides is 1. The SMILES string of the molecule is COc1cc(/C(C)=N/NC(=O)Cn2nc(C)c(Br)c2C)ccc1OCc1c(F)cccc1Cl. The van der Waals surface area contributed by atoms with Crippen molar-refractivity contribution in [2.24, 2.45) is 5.10 Å². The van der Waals surface area contributed by atoms with Gasteiger partial charge in [-0.15, -0.1) is 0 Å². The maximum Gasteiger partial charge on any atom is 0.261 e. The van der Waals surface area contributed by atoms with Crippen LogP contribution in [0.3, 0.4) is 0 Å². The Hall–Kier alpha value is -2.91. The third kappa shape index (κ3) is 5.91. The summed E-state index contributed by atoms with van der Waals surface area (Å²) in [6.07, 6.45) is 0. The molecule has 2 aromatic carbocycles. The fraction of sp³-hybridized carbons (Fsp3) is 0.261. The van der Waals surface area contributed by atoms with Crippen LogP contribution in [-0.4, -0.2) is 28.5 Å². The summed E-state index contributed by atoms with van der Waals surface area (Å²) in [7, 11) is 1.50. The van der Waals surface area contributed by atoms with Crippen LogP contribution in [-0.2, 0) is 17.9 Å². The zero-order valence-corrected chi connectivity index (χ0v) is 20.9. The number of nitrogens with one attached hydrogen (secondary N) is 1. The van der Waals surface area contributed by atoms with Gasteiger partial charge < -0.3 is 9.47 Å². The van der Waals surface area contributed by atoms with Gasteiger partial charge in [-0.3, -0.25) is 9.48 Å². The van der Waals surface area contributed by atoms with E-state index in [2.05, 4.69) is 31.6 Å². The van der Waals surface area contributed by atoms with Crippen LogP contribution in [0.25, 0.3) is 0 Å². The smallest absolute Gasteiger partial charge is 0.261 e. The van der Waals surface area contributed by atoms with E-state index in [0.29, 0.717) is 17.2 Å². The van der Waals surface area contributed by atoms with Gasteiger partial charge in [-0.1, -0.05) is 17.7 Å². The number of hydrazone groups is 1. The van der Waals surface area contributed by atoms with Gasteiger partial charge in [-0.05, 0) is 67.0 Å². The number of nitrogens with zero attached hydrogens (tertiary/aromatic N) is 3. The molecule has 33 heavy (non-hydrogen) atoms. The molecule has 3 aromatic rings. The van der Waals surface area contributed by atoms with Gasteiger partial charge in [0.1, 0.15) is 19.0 Å². The normalized spacial score (nSPS) is 11.4. The number of benzene rings is 2. The van der Waals surface area contributed by atoms with E-state index in [9.17, 15) is 9.18 Å². The van der Waals surface area contributed by atoms with Gasteiger partial charge in [-0.25, -0.2) is 9.82 Å². The molecule has 0 aliphatic carbocycles. The van der Waals surface area contributed by atoms with Crippen molar-refractivity contribution in [3.63, 3.8) is 0 Å². The van der Waals surface area contributed by atoms with E-state index in [1.54, 1.807) is 35.9 Å². The highest BCUT2D eigenvalue weighted by Crippen LogP contribution is 2.30. The molecule has 1 amide bonds. The maximum absolute atomic E-state index is 14.0. The van der Waals surface area contributed by atoms with E-state index in [1.165, 1.54) is 19.2 Å². The molecule has 1 N–H and O–H groups in total. The van der Waals surface area contributed by atoms with Gasteiger partial charge in [0.25, 0.3) is 5.91 Å². The molecule has 1 heterocycles. The van der Waals surface area contributed by atoms with Crippen LogP contribution in [0.5, 0.6) is 11.5 Å². The predicted octanol–water partition coefficient (Wildman–Crippen LogP) is 5.18. The lowest BCUT2D eigenvalue weighted by atomic mass is 10.1. The van der Waals surface area contributed by atoms with Crippen LogP contribution < -0.4 is 14.9 Å². The van der Waals surface area contributed by atoms with Crippen LogP contribution in [0.2, 0.25) is 5.02 Å².